The number of nitro groups is 1. The Hall–Kier alpha value is -3.44. The van der Waals surface area contributed by atoms with Crippen molar-refractivity contribution in [3.8, 4) is 0 Å². The number of carbonyl (C=O) groups excluding carboxylic acids is 2. The van der Waals surface area contributed by atoms with Crippen LogP contribution < -0.4 is 10.6 Å². The number of non-ortho nitro benzene ring substituents is 1. The van der Waals surface area contributed by atoms with E-state index < -0.39 is 16.9 Å². The predicted molar refractivity (Wildman–Crippen MR) is 130 cm³/mol. The van der Waals surface area contributed by atoms with Gasteiger partial charge in [-0.15, -0.1) is 10.2 Å². The summed E-state index contributed by atoms with van der Waals surface area (Å²) in [6.45, 7) is 6.18. The highest BCUT2D eigenvalue weighted by Crippen LogP contribution is 2.27. The fraction of sp³-hybridized carbons (Fsp3) is 0.273. The second kappa shape index (κ2) is 11.1. The Morgan fingerprint density at radius 1 is 1.24 bits per heavy atom. The summed E-state index contributed by atoms with van der Waals surface area (Å²) in [5.41, 5.74) is 1.52. The number of halogens is 1. The zero-order valence-corrected chi connectivity index (χ0v) is 20.3. The van der Waals surface area contributed by atoms with E-state index in [4.69, 9.17) is 11.6 Å². The van der Waals surface area contributed by atoms with Gasteiger partial charge in [0.25, 0.3) is 11.6 Å². The Morgan fingerprint density at radius 2 is 2.00 bits per heavy atom. The molecule has 1 aromatic heterocycles. The molecule has 2 aromatic carbocycles. The number of anilines is 1. The van der Waals surface area contributed by atoms with Crippen molar-refractivity contribution >= 4 is 46.6 Å². The van der Waals surface area contributed by atoms with Crippen LogP contribution in [0, 0.1) is 17.0 Å². The van der Waals surface area contributed by atoms with Crippen LogP contribution in [-0.2, 0) is 11.3 Å². The van der Waals surface area contributed by atoms with Crippen LogP contribution in [0.25, 0.3) is 0 Å². The molecule has 3 aromatic rings. The Labute approximate surface area is 205 Å². The van der Waals surface area contributed by atoms with Gasteiger partial charge in [-0.1, -0.05) is 41.1 Å². The first kappa shape index (κ1) is 25.2. The number of nitrogens with zero attached hydrogens (tertiary/aromatic N) is 4. The molecule has 0 saturated heterocycles. The number of benzene rings is 2. The first-order chi connectivity index (χ1) is 16.2. The van der Waals surface area contributed by atoms with Crippen molar-refractivity contribution in [2.45, 2.75) is 38.5 Å². The third-order valence-electron chi connectivity index (χ3n) is 4.84. The minimum atomic E-state index is -0.565. The lowest BCUT2D eigenvalue weighted by Gasteiger charge is -2.15. The van der Waals surface area contributed by atoms with Gasteiger partial charge in [-0.05, 0) is 39.0 Å². The summed E-state index contributed by atoms with van der Waals surface area (Å²) >= 11 is 7.20. The van der Waals surface area contributed by atoms with Gasteiger partial charge in [0.15, 0.2) is 11.0 Å². The summed E-state index contributed by atoms with van der Waals surface area (Å²) in [4.78, 5) is 35.4. The van der Waals surface area contributed by atoms with Crippen molar-refractivity contribution in [2.75, 3.05) is 11.1 Å². The highest BCUT2D eigenvalue weighted by atomic mass is 35.5. The third kappa shape index (κ3) is 6.12. The molecule has 12 heteroatoms. The van der Waals surface area contributed by atoms with Gasteiger partial charge in [-0.25, -0.2) is 0 Å². The van der Waals surface area contributed by atoms with Gasteiger partial charge < -0.3 is 15.2 Å². The molecule has 3 rings (SSSR count). The van der Waals surface area contributed by atoms with Crippen LogP contribution in [0.5, 0.6) is 0 Å². The van der Waals surface area contributed by atoms with E-state index in [0.29, 0.717) is 23.1 Å². The Morgan fingerprint density at radius 3 is 2.68 bits per heavy atom. The number of thioether (sulfide) groups is 1. The fourth-order valence-corrected chi connectivity index (χ4v) is 4.17. The summed E-state index contributed by atoms with van der Waals surface area (Å²) < 4.78 is 1.82. The molecule has 0 aliphatic heterocycles. The third-order valence-corrected chi connectivity index (χ3v) is 6.14. The zero-order chi connectivity index (χ0) is 24.8. The summed E-state index contributed by atoms with van der Waals surface area (Å²) in [6, 6.07) is 10.7. The Kier molecular flexibility index (Phi) is 8.24. The smallest absolute Gasteiger partial charge is 0.271 e. The van der Waals surface area contributed by atoms with Crippen LogP contribution >= 0.6 is 23.4 Å². The largest absolute Gasteiger partial charge is 0.342 e. The second-order valence-corrected chi connectivity index (χ2v) is 8.76. The number of aryl methyl sites for hydroxylation is 1. The first-order valence-electron chi connectivity index (χ1n) is 10.4. The highest BCUT2D eigenvalue weighted by Gasteiger charge is 2.20. The molecule has 0 spiro atoms. The first-order valence-corrected chi connectivity index (χ1v) is 11.7. The van der Waals surface area contributed by atoms with E-state index in [2.05, 4.69) is 20.8 Å². The van der Waals surface area contributed by atoms with Crippen LogP contribution in [0.3, 0.4) is 0 Å². The van der Waals surface area contributed by atoms with Crippen LogP contribution in [0.15, 0.2) is 47.6 Å². The second-order valence-electron chi connectivity index (χ2n) is 7.41. The molecule has 1 atom stereocenters. The van der Waals surface area contributed by atoms with Crippen molar-refractivity contribution in [1.82, 2.24) is 20.1 Å². The SMILES string of the molecule is CCn1c(SCC(=O)Nc2cc([N+](=O)[O-])ccc2Cl)nnc1[C@H](C)NC(=O)c1cccc(C)c1. The maximum atomic E-state index is 12.6. The standard InChI is InChI=1S/C22H23ClN6O4S/c1-4-28-20(14(3)24-21(31)15-7-5-6-13(2)10-15)26-27-22(28)34-12-19(30)25-18-11-16(29(32)33)8-9-17(18)23/h5-11,14H,4,12H2,1-3H3,(H,24,31)(H,25,30)/t14-/m0/s1. The van der Waals surface area contributed by atoms with E-state index in [9.17, 15) is 19.7 Å². The minimum Gasteiger partial charge on any atom is -0.342 e. The molecular formula is C22H23ClN6O4S. The van der Waals surface area contributed by atoms with Crippen molar-refractivity contribution in [3.63, 3.8) is 0 Å². The summed E-state index contributed by atoms with van der Waals surface area (Å²) in [5, 5.41) is 25.5. The minimum absolute atomic E-state index is 0.0127. The number of hydrogen-bond acceptors (Lipinski definition) is 7. The maximum Gasteiger partial charge on any atom is 0.271 e. The van der Waals surface area contributed by atoms with Crippen molar-refractivity contribution in [3.05, 3.63) is 74.6 Å². The van der Waals surface area contributed by atoms with Gasteiger partial charge in [0.2, 0.25) is 5.91 Å². The average molecular weight is 503 g/mol. The molecule has 1 heterocycles. The zero-order valence-electron chi connectivity index (χ0n) is 18.7. The number of carbonyl (C=O) groups is 2. The highest BCUT2D eigenvalue weighted by molar-refractivity contribution is 7.99. The molecule has 0 radical (unpaired) electrons. The van der Waals surface area contributed by atoms with Gasteiger partial charge in [-0.2, -0.15) is 0 Å². The average Bonchev–Trinajstić information content (AvgIpc) is 3.22. The van der Waals surface area contributed by atoms with Gasteiger partial charge in [0, 0.05) is 24.2 Å². The fourth-order valence-electron chi connectivity index (χ4n) is 3.19. The van der Waals surface area contributed by atoms with Crippen LogP contribution in [0.2, 0.25) is 5.02 Å². The molecule has 0 unspecified atom stereocenters. The number of rotatable bonds is 9. The van der Waals surface area contributed by atoms with E-state index in [1.54, 1.807) is 12.1 Å². The topological polar surface area (TPSA) is 132 Å². The summed E-state index contributed by atoms with van der Waals surface area (Å²) in [6.07, 6.45) is 0. The number of nitrogens with one attached hydrogen (secondary N) is 2. The number of hydrogen-bond donors (Lipinski definition) is 2. The van der Waals surface area contributed by atoms with Gasteiger partial charge in [0.05, 0.1) is 27.4 Å². The molecule has 0 saturated carbocycles. The molecule has 2 amide bonds. The lowest BCUT2D eigenvalue weighted by Crippen LogP contribution is -2.28. The Balaban J connectivity index is 1.65. The van der Waals surface area contributed by atoms with Gasteiger partial charge >= 0.3 is 0 Å². The lowest BCUT2D eigenvalue weighted by molar-refractivity contribution is -0.384. The molecule has 34 heavy (non-hydrogen) atoms. The van der Waals surface area contributed by atoms with Crippen LogP contribution in [0.1, 0.15) is 41.6 Å². The van der Waals surface area contributed by atoms with Gasteiger partial charge in [0.1, 0.15) is 0 Å². The normalized spacial score (nSPS) is 11.6. The van der Waals surface area contributed by atoms with Crippen molar-refractivity contribution in [2.24, 2.45) is 0 Å². The molecule has 10 nitrogen and oxygen atoms in total. The van der Waals surface area contributed by atoms with Crippen molar-refractivity contribution in [1.29, 1.82) is 0 Å². The molecule has 0 fully saturated rings. The molecule has 0 aliphatic rings. The summed E-state index contributed by atoms with van der Waals surface area (Å²) in [5.74, 6) is -0.0703. The molecule has 178 valence electrons. The van der Waals surface area contributed by atoms with E-state index in [0.717, 1.165) is 17.3 Å². The number of nitro benzene ring substituents is 1. The van der Waals surface area contributed by atoms with Crippen molar-refractivity contribution < 1.29 is 14.5 Å². The molecule has 2 N–H and O–H groups in total. The Bertz CT molecular complexity index is 1230. The molecule has 0 aliphatic carbocycles. The van der Waals surface area contributed by atoms with Crippen LogP contribution in [-0.4, -0.2) is 37.3 Å². The summed E-state index contributed by atoms with van der Waals surface area (Å²) in [7, 11) is 0. The van der Waals surface area contributed by atoms with Gasteiger partial charge in [-0.3, -0.25) is 19.7 Å². The van der Waals surface area contributed by atoms with E-state index >= 15 is 0 Å². The lowest BCUT2D eigenvalue weighted by atomic mass is 10.1. The van der Waals surface area contributed by atoms with Crippen LogP contribution in [0.4, 0.5) is 11.4 Å². The van der Waals surface area contributed by atoms with E-state index in [1.807, 2.05) is 37.5 Å². The predicted octanol–water partition coefficient (Wildman–Crippen LogP) is 4.39. The quantitative estimate of drug-likeness (QED) is 0.252. The molecule has 0 bridgehead atoms. The monoisotopic (exact) mass is 502 g/mol. The number of amides is 2. The maximum absolute atomic E-state index is 12.6. The molecular weight excluding hydrogens is 480 g/mol. The van der Waals surface area contributed by atoms with E-state index in [1.165, 1.54) is 18.2 Å². The van der Waals surface area contributed by atoms with E-state index in [-0.39, 0.29) is 28.1 Å². The number of aromatic nitrogens is 3.